The lowest BCUT2D eigenvalue weighted by molar-refractivity contribution is -0.131. The molecule has 0 spiro atoms. The second-order valence-corrected chi connectivity index (χ2v) is 7.67. The first kappa shape index (κ1) is 15.6. The fraction of sp³-hybridized carbons (Fsp3) is 0.133. The van der Waals surface area contributed by atoms with Crippen molar-refractivity contribution in [1.29, 1.82) is 0 Å². The number of aliphatic hydroxyl groups excluding tert-OH is 1. The van der Waals surface area contributed by atoms with Crippen molar-refractivity contribution in [2.45, 2.75) is 17.4 Å². The summed E-state index contributed by atoms with van der Waals surface area (Å²) in [6.45, 7) is 1.49. The Bertz CT molecular complexity index is 872. The molecule has 0 saturated heterocycles. The second kappa shape index (κ2) is 5.39. The van der Waals surface area contributed by atoms with E-state index in [1.165, 1.54) is 30.4 Å². The molecular weight excluding hydrogens is 338 g/mol. The topological polar surface area (TPSA) is 92.7 Å². The van der Waals surface area contributed by atoms with Crippen molar-refractivity contribution in [2.75, 3.05) is 0 Å². The normalized spacial score (nSPS) is 21.3. The van der Waals surface area contributed by atoms with Crippen LogP contribution in [0.25, 0.3) is 0 Å². The highest BCUT2D eigenvalue weighted by molar-refractivity contribution is 7.89. The number of carbonyl (C=O) groups excluding carboxylic acids is 1. The molecule has 2 aromatic rings. The number of hydrogen-bond acceptors (Lipinski definition) is 6. The highest BCUT2D eigenvalue weighted by atomic mass is 32.2. The summed E-state index contributed by atoms with van der Waals surface area (Å²) in [6.07, 6.45) is 0. The monoisotopic (exact) mass is 351 g/mol. The Hall–Kier alpha value is -2.32. The number of ether oxygens (including phenoxy) is 1. The van der Waals surface area contributed by atoms with Crippen molar-refractivity contribution in [3.05, 3.63) is 64.4 Å². The van der Waals surface area contributed by atoms with Gasteiger partial charge in [-0.15, -0.1) is 11.3 Å². The minimum Gasteiger partial charge on any atom is -0.501 e. The van der Waals surface area contributed by atoms with Crippen molar-refractivity contribution >= 4 is 27.1 Å². The lowest BCUT2D eigenvalue weighted by atomic mass is 9.99. The molecule has 2 N–H and O–H groups in total. The molecule has 120 valence electrons. The van der Waals surface area contributed by atoms with Gasteiger partial charge in [-0.3, -0.25) is 4.79 Å². The zero-order chi connectivity index (χ0) is 16.7. The Kier molecular flexibility index (Phi) is 3.65. The zero-order valence-corrected chi connectivity index (χ0v) is 13.6. The van der Waals surface area contributed by atoms with Crippen molar-refractivity contribution in [3.8, 4) is 0 Å². The van der Waals surface area contributed by atoms with E-state index in [4.69, 9.17) is 4.74 Å². The summed E-state index contributed by atoms with van der Waals surface area (Å²) in [5, 5.41) is 11.7. The zero-order valence-electron chi connectivity index (χ0n) is 12.0. The molecular formula is C15H13NO5S2. The third kappa shape index (κ3) is 2.60. The van der Waals surface area contributed by atoms with Crippen LogP contribution >= 0.6 is 11.3 Å². The van der Waals surface area contributed by atoms with E-state index in [0.717, 1.165) is 0 Å². The molecule has 0 saturated carbocycles. The van der Waals surface area contributed by atoms with Crippen LogP contribution in [0, 0.1) is 0 Å². The Labute approximate surface area is 137 Å². The third-order valence-corrected chi connectivity index (χ3v) is 5.86. The largest absolute Gasteiger partial charge is 0.501 e. The van der Waals surface area contributed by atoms with Gasteiger partial charge in [0.25, 0.3) is 15.8 Å². The molecule has 0 bridgehead atoms. The van der Waals surface area contributed by atoms with Gasteiger partial charge in [0.15, 0.2) is 0 Å². The summed E-state index contributed by atoms with van der Waals surface area (Å²) < 4.78 is 32.2. The molecule has 1 unspecified atom stereocenters. The lowest BCUT2D eigenvalue weighted by Crippen LogP contribution is -2.31. The van der Waals surface area contributed by atoms with Gasteiger partial charge in [-0.2, -0.15) is 0 Å². The number of Topliss-reactive ketones (excluding diaryl/α,β-unsaturated/α-hetero) is 1. The average Bonchev–Trinajstić information content (AvgIpc) is 3.14. The van der Waals surface area contributed by atoms with E-state index >= 15 is 0 Å². The highest BCUT2D eigenvalue weighted by Gasteiger charge is 2.49. The summed E-state index contributed by atoms with van der Waals surface area (Å²) in [5.74, 6) is -1.89. The quantitative estimate of drug-likeness (QED) is 0.881. The van der Waals surface area contributed by atoms with Gasteiger partial charge >= 0.3 is 0 Å². The van der Waals surface area contributed by atoms with E-state index in [2.05, 4.69) is 4.72 Å². The van der Waals surface area contributed by atoms with Crippen molar-refractivity contribution in [1.82, 2.24) is 4.72 Å². The maximum absolute atomic E-state index is 12.3. The first-order valence-electron chi connectivity index (χ1n) is 6.63. The maximum Gasteiger partial charge on any atom is 0.264 e. The Morgan fingerprint density at radius 3 is 2.48 bits per heavy atom. The van der Waals surface area contributed by atoms with E-state index in [-0.39, 0.29) is 4.90 Å². The van der Waals surface area contributed by atoms with Gasteiger partial charge in [-0.25, -0.2) is 13.1 Å². The number of aliphatic hydroxyl groups is 1. The smallest absolute Gasteiger partial charge is 0.264 e. The maximum atomic E-state index is 12.3. The van der Waals surface area contributed by atoms with Crippen LogP contribution in [0.2, 0.25) is 0 Å². The number of sulfonamides is 1. The molecule has 1 atom stereocenters. The van der Waals surface area contributed by atoms with E-state index in [0.29, 0.717) is 4.88 Å². The molecule has 1 aromatic carbocycles. The average molecular weight is 351 g/mol. The fourth-order valence-corrected chi connectivity index (χ4v) is 4.03. The van der Waals surface area contributed by atoms with Crippen LogP contribution in [-0.2, 0) is 25.2 Å². The molecule has 0 aliphatic carbocycles. The van der Waals surface area contributed by atoms with Crippen molar-refractivity contribution < 1.29 is 23.1 Å². The van der Waals surface area contributed by atoms with Crippen molar-refractivity contribution in [2.24, 2.45) is 0 Å². The summed E-state index contributed by atoms with van der Waals surface area (Å²) in [7, 11) is -3.96. The summed E-state index contributed by atoms with van der Waals surface area (Å²) in [5.41, 5.74) is -1.44. The fourth-order valence-electron chi connectivity index (χ4n) is 2.19. The van der Waals surface area contributed by atoms with E-state index in [9.17, 15) is 18.3 Å². The van der Waals surface area contributed by atoms with Gasteiger partial charge in [0.05, 0.1) is 9.77 Å². The summed E-state index contributed by atoms with van der Waals surface area (Å²) in [6, 6.07) is 11.0. The Balaban J connectivity index is 1.92. The molecule has 3 rings (SSSR count). The van der Waals surface area contributed by atoms with Gasteiger partial charge in [0, 0.05) is 0 Å². The first-order chi connectivity index (χ1) is 10.8. The molecule has 1 aromatic heterocycles. The minimum absolute atomic E-state index is 0.000996. The number of carbonyl (C=O) groups is 1. The molecule has 0 radical (unpaired) electrons. The molecule has 1 aliphatic heterocycles. The predicted molar refractivity (Wildman–Crippen MR) is 84.2 cm³/mol. The van der Waals surface area contributed by atoms with Gasteiger partial charge < -0.3 is 9.84 Å². The van der Waals surface area contributed by atoms with Crippen LogP contribution in [0.4, 0.5) is 0 Å². The molecule has 23 heavy (non-hydrogen) atoms. The van der Waals surface area contributed by atoms with Gasteiger partial charge in [0.1, 0.15) is 0 Å². The van der Waals surface area contributed by atoms with Crippen LogP contribution < -0.4 is 4.72 Å². The number of rotatable bonds is 4. The van der Waals surface area contributed by atoms with E-state index in [1.807, 2.05) is 0 Å². The van der Waals surface area contributed by atoms with Crippen LogP contribution in [0.3, 0.4) is 0 Å². The summed E-state index contributed by atoms with van der Waals surface area (Å²) in [4.78, 5) is 12.9. The second-order valence-electron chi connectivity index (χ2n) is 5.04. The predicted octanol–water partition coefficient (Wildman–Crippen LogP) is 2.27. The van der Waals surface area contributed by atoms with E-state index in [1.54, 1.807) is 35.7 Å². The number of benzene rings is 1. The van der Waals surface area contributed by atoms with Crippen LogP contribution in [0.1, 0.15) is 11.8 Å². The SMILES string of the molecule is CC1(c2cccs2)OC(NS(=O)(=O)c2ccccc2)=C(O)C1=O. The molecule has 0 fully saturated rings. The minimum atomic E-state index is -3.96. The first-order valence-corrected chi connectivity index (χ1v) is 9.00. The molecule has 8 heteroatoms. The molecule has 1 aliphatic rings. The van der Waals surface area contributed by atoms with Crippen LogP contribution in [-0.4, -0.2) is 19.3 Å². The molecule has 0 amide bonds. The Morgan fingerprint density at radius 2 is 1.87 bits per heavy atom. The Morgan fingerprint density at radius 1 is 1.17 bits per heavy atom. The summed E-state index contributed by atoms with van der Waals surface area (Å²) >= 11 is 1.28. The highest BCUT2D eigenvalue weighted by Crippen LogP contribution is 2.39. The molecule has 6 nitrogen and oxygen atoms in total. The number of nitrogens with one attached hydrogen (secondary N) is 1. The van der Waals surface area contributed by atoms with Gasteiger partial charge in [0.2, 0.25) is 17.2 Å². The van der Waals surface area contributed by atoms with Gasteiger partial charge in [-0.05, 0) is 30.5 Å². The number of hydrogen-bond donors (Lipinski definition) is 2. The van der Waals surface area contributed by atoms with E-state index < -0.39 is 33.0 Å². The number of thiophene rings is 1. The lowest BCUT2D eigenvalue weighted by Gasteiger charge is -2.21. The standard InChI is InChI=1S/C15H13NO5S2/c1-15(11-8-5-9-22-11)13(18)12(17)14(21-15)16-23(19,20)10-6-3-2-4-7-10/h2-9,16-17H,1H3. The van der Waals surface area contributed by atoms with Crippen LogP contribution in [0.5, 0.6) is 0 Å². The van der Waals surface area contributed by atoms with Crippen LogP contribution in [0.15, 0.2) is 64.4 Å². The number of ketones is 1. The molecule has 2 heterocycles. The van der Waals surface area contributed by atoms with Gasteiger partial charge in [-0.1, -0.05) is 24.3 Å². The van der Waals surface area contributed by atoms with Crippen molar-refractivity contribution in [3.63, 3.8) is 0 Å². The third-order valence-electron chi connectivity index (χ3n) is 3.44.